The van der Waals surface area contributed by atoms with Crippen molar-refractivity contribution < 1.29 is 29.0 Å². The molecule has 0 atom stereocenters. The summed E-state index contributed by atoms with van der Waals surface area (Å²) in [6, 6.07) is 19.8. The minimum atomic E-state index is -1.09. The van der Waals surface area contributed by atoms with Gasteiger partial charge >= 0.3 is 17.8 Å². The van der Waals surface area contributed by atoms with Crippen LogP contribution >= 0.6 is 0 Å². The number of para-hydroxylation sites is 1. The van der Waals surface area contributed by atoms with E-state index in [1.807, 2.05) is 19.1 Å². The molecule has 35 heavy (non-hydrogen) atoms. The third kappa shape index (κ3) is 7.53. The average molecular weight is 474 g/mol. The minimum Gasteiger partial charge on any atom is -0.482 e. The van der Waals surface area contributed by atoms with E-state index in [4.69, 9.17) is 9.84 Å². The maximum absolute atomic E-state index is 12.7. The lowest BCUT2D eigenvalue weighted by Crippen LogP contribution is -2.33. The molecule has 0 spiro atoms. The number of nitrogens with zero attached hydrogens (tertiary/aromatic N) is 1. The van der Waals surface area contributed by atoms with Crippen LogP contribution in [0, 0.1) is 6.92 Å². The summed E-state index contributed by atoms with van der Waals surface area (Å²) in [5.74, 6) is -3.21. The molecular weight excluding hydrogens is 452 g/mol. The van der Waals surface area contributed by atoms with E-state index in [1.54, 1.807) is 36.4 Å². The van der Waals surface area contributed by atoms with Gasteiger partial charge in [-0.1, -0.05) is 29.8 Å². The Hall–Kier alpha value is -4.99. The smallest absolute Gasteiger partial charge is 0.341 e. The quantitative estimate of drug-likeness (QED) is 0.224. The number of amides is 3. The van der Waals surface area contributed by atoms with Crippen molar-refractivity contribution in [2.45, 2.75) is 6.92 Å². The van der Waals surface area contributed by atoms with Crippen molar-refractivity contribution >= 4 is 41.3 Å². The molecule has 0 aromatic heterocycles. The molecule has 4 N–H and O–H groups in total. The molecule has 0 aliphatic heterocycles. The van der Waals surface area contributed by atoms with E-state index in [0.717, 1.165) is 5.56 Å². The second-order valence-electron chi connectivity index (χ2n) is 7.27. The summed E-state index contributed by atoms with van der Waals surface area (Å²) >= 11 is 0. The number of hydrogen-bond acceptors (Lipinski definition) is 6. The Morgan fingerprint density at radius 1 is 0.886 bits per heavy atom. The van der Waals surface area contributed by atoms with E-state index >= 15 is 0 Å². The lowest BCUT2D eigenvalue weighted by molar-refractivity contribution is -0.139. The molecule has 0 saturated carbocycles. The average Bonchev–Trinajstić information content (AvgIpc) is 2.85. The van der Waals surface area contributed by atoms with Crippen LogP contribution in [0.25, 0.3) is 0 Å². The molecule has 0 saturated heterocycles. The predicted molar refractivity (Wildman–Crippen MR) is 130 cm³/mol. The number of aryl methyl sites for hydroxylation is 1. The van der Waals surface area contributed by atoms with E-state index in [2.05, 4.69) is 21.2 Å². The zero-order valence-corrected chi connectivity index (χ0v) is 18.6. The first-order chi connectivity index (χ1) is 16.8. The first-order valence-electron chi connectivity index (χ1n) is 10.4. The molecule has 0 heterocycles. The summed E-state index contributed by atoms with van der Waals surface area (Å²) in [4.78, 5) is 47.6. The first-order valence-corrected chi connectivity index (χ1v) is 10.4. The molecule has 10 nitrogen and oxygen atoms in total. The van der Waals surface area contributed by atoms with E-state index in [9.17, 15) is 19.2 Å². The molecule has 0 aliphatic rings. The molecule has 0 bridgehead atoms. The third-order valence-corrected chi connectivity index (χ3v) is 4.56. The van der Waals surface area contributed by atoms with Gasteiger partial charge in [-0.3, -0.25) is 14.4 Å². The number of carboxylic acid groups (broad SMARTS) is 1. The van der Waals surface area contributed by atoms with Crippen LogP contribution in [-0.2, 0) is 14.4 Å². The zero-order valence-electron chi connectivity index (χ0n) is 18.6. The second kappa shape index (κ2) is 11.8. The number of carbonyl (C=O) groups is 4. The van der Waals surface area contributed by atoms with Crippen molar-refractivity contribution in [2.24, 2.45) is 5.10 Å². The van der Waals surface area contributed by atoms with Gasteiger partial charge in [-0.25, -0.2) is 10.2 Å². The summed E-state index contributed by atoms with van der Waals surface area (Å²) in [6.07, 6.45) is 1.30. The molecule has 0 fully saturated rings. The number of ether oxygens (including phenoxy) is 1. The Balaban J connectivity index is 1.56. The van der Waals surface area contributed by atoms with E-state index < -0.39 is 30.3 Å². The first kappa shape index (κ1) is 24.6. The van der Waals surface area contributed by atoms with Gasteiger partial charge in [-0.15, -0.1) is 0 Å². The Morgan fingerprint density at radius 2 is 1.57 bits per heavy atom. The number of carbonyl (C=O) groups excluding carboxylic acids is 3. The van der Waals surface area contributed by atoms with Crippen molar-refractivity contribution in [3.8, 4) is 5.75 Å². The fraction of sp³-hybridized carbons (Fsp3) is 0.0800. The molecule has 3 amide bonds. The molecule has 3 aromatic carbocycles. The van der Waals surface area contributed by atoms with Gasteiger partial charge in [0.1, 0.15) is 5.75 Å². The summed E-state index contributed by atoms with van der Waals surface area (Å²) in [5.41, 5.74) is 4.67. The Labute approximate surface area is 200 Å². The molecular formula is C25H22N4O6. The highest BCUT2D eigenvalue weighted by Gasteiger charge is 2.17. The van der Waals surface area contributed by atoms with E-state index in [1.165, 1.54) is 30.5 Å². The lowest BCUT2D eigenvalue weighted by Gasteiger charge is -2.11. The van der Waals surface area contributed by atoms with Crippen LogP contribution in [-0.4, -0.2) is 41.6 Å². The van der Waals surface area contributed by atoms with Crippen LogP contribution in [0.2, 0.25) is 0 Å². The topological polar surface area (TPSA) is 146 Å². The lowest BCUT2D eigenvalue weighted by atomic mass is 10.1. The third-order valence-electron chi connectivity index (χ3n) is 4.56. The highest BCUT2D eigenvalue weighted by Crippen LogP contribution is 2.18. The van der Waals surface area contributed by atoms with E-state index in [0.29, 0.717) is 17.0 Å². The van der Waals surface area contributed by atoms with Crippen LogP contribution in [0.1, 0.15) is 21.5 Å². The number of anilines is 2. The normalized spacial score (nSPS) is 10.4. The number of benzene rings is 3. The van der Waals surface area contributed by atoms with Crippen molar-refractivity contribution in [2.75, 3.05) is 17.2 Å². The fourth-order valence-corrected chi connectivity index (χ4v) is 2.82. The van der Waals surface area contributed by atoms with E-state index in [-0.39, 0.29) is 11.3 Å². The number of nitrogens with one attached hydrogen (secondary N) is 3. The van der Waals surface area contributed by atoms with Crippen LogP contribution in [0.3, 0.4) is 0 Å². The number of rotatable bonds is 8. The summed E-state index contributed by atoms with van der Waals surface area (Å²) in [7, 11) is 0. The van der Waals surface area contributed by atoms with Gasteiger partial charge in [0.2, 0.25) is 0 Å². The molecule has 3 aromatic rings. The number of hydrogen-bond donors (Lipinski definition) is 4. The van der Waals surface area contributed by atoms with Crippen molar-refractivity contribution in [3.05, 3.63) is 89.5 Å². The number of hydrazone groups is 1. The van der Waals surface area contributed by atoms with Gasteiger partial charge in [-0.05, 0) is 61.0 Å². The summed E-state index contributed by atoms with van der Waals surface area (Å²) in [5, 5.41) is 17.5. The SMILES string of the molecule is Cc1ccc(NC(=O)c2ccccc2NC(=O)C(=O)N/N=C/c2ccc(OCC(=O)O)cc2)cc1. The summed E-state index contributed by atoms with van der Waals surface area (Å²) in [6.45, 7) is 1.47. The fourth-order valence-electron chi connectivity index (χ4n) is 2.82. The second-order valence-corrected chi connectivity index (χ2v) is 7.27. The Bertz CT molecular complexity index is 1250. The van der Waals surface area contributed by atoms with Crippen molar-refractivity contribution in [1.29, 1.82) is 0 Å². The number of aliphatic carboxylic acids is 1. The van der Waals surface area contributed by atoms with Gasteiger partial charge in [-0.2, -0.15) is 5.10 Å². The van der Waals surface area contributed by atoms with Crippen molar-refractivity contribution in [3.63, 3.8) is 0 Å². The minimum absolute atomic E-state index is 0.165. The van der Waals surface area contributed by atoms with Gasteiger partial charge in [0.15, 0.2) is 6.61 Å². The van der Waals surface area contributed by atoms with Crippen LogP contribution in [0.4, 0.5) is 11.4 Å². The Morgan fingerprint density at radius 3 is 2.26 bits per heavy atom. The van der Waals surface area contributed by atoms with Gasteiger partial charge < -0.3 is 20.5 Å². The molecule has 3 rings (SSSR count). The van der Waals surface area contributed by atoms with Crippen molar-refractivity contribution in [1.82, 2.24) is 5.43 Å². The molecule has 0 radical (unpaired) electrons. The van der Waals surface area contributed by atoms with Gasteiger partial charge in [0.25, 0.3) is 5.91 Å². The molecule has 178 valence electrons. The maximum atomic E-state index is 12.7. The van der Waals surface area contributed by atoms with Crippen LogP contribution < -0.4 is 20.8 Å². The predicted octanol–water partition coefficient (Wildman–Crippen LogP) is 2.80. The standard InChI is InChI=1S/C25H22N4O6/c1-16-6-10-18(11-7-16)27-23(32)20-4-2-3-5-21(20)28-24(33)25(34)29-26-14-17-8-12-19(13-9-17)35-15-22(30)31/h2-14H,15H2,1H3,(H,27,32)(H,28,33)(H,29,34)(H,30,31)/b26-14+. The van der Waals surface area contributed by atoms with Gasteiger partial charge in [0, 0.05) is 5.69 Å². The molecule has 10 heteroatoms. The van der Waals surface area contributed by atoms with Gasteiger partial charge in [0.05, 0.1) is 17.5 Å². The van der Waals surface area contributed by atoms with Crippen LogP contribution in [0.5, 0.6) is 5.75 Å². The maximum Gasteiger partial charge on any atom is 0.341 e. The van der Waals surface area contributed by atoms with Crippen LogP contribution in [0.15, 0.2) is 77.9 Å². The summed E-state index contributed by atoms with van der Waals surface area (Å²) < 4.78 is 5.02. The Kier molecular flexibility index (Phi) is 8.28. The molecule has 0 unspecified atom stereocenters. The highest BCUT2D eigenvalue weighted by molar-refractivity contribution is 6.40. The molecule has 0 aliphatic carbocycles. The largest absolute Gasteiger partial charge is 0.482 e. The highest BCUT2D eigenvalue weighted by atomic mass is 16.5. The zero-order chi connectivity index (χ0) is 25.2. The number of carboxylic acids is 1. The monoisotopic (exact) mass is 474 g/mol.